The summed E-state index contributed by atoms with van der Waals surface area (Å²) in [5.41, 5.74) is -0.245. The molecule has 1 atom stereocenters. The van der Waals surface area contributed by atoms with E-state index in [2.05, 4.69) is 9.97 Å². The van der Waals surface area contributed by atoms with E-state index in [0.717, 1.165) is 0 Å². The average Bonchev–Trinajstić information content (AvgIpc) is 2.57. The number of aromatic amines is 1. The van der Waals surface area contributed by atoms with Crippen molar-refractivity contribution in [2.45, 2.75) is 52.9 Å². The molecule has 1 amide bonds. The minimum Gasteiger partial charge on any atom is -0.481 e. The second-order valence-electron chi connectivity index (χ2n) is 6.46. The summed E-state index contributed by atoms with van der Waals surface area (Å²) < 4.78 is 0. The smallest absolute Gasteiger partial charge is 0.311 e. The third-order valence-electron chi connectivity index (χ3n) is 4.99. The molecule has 1 fully saturated rings. The topological polar surface area (TPSA) is 103 Å². The van der Waals surface area contributed by atoms with E-state index in [1.54, 1.807) is 11.8 Å². The second kappa shape index (κ2) is 7.15. The Morgan fingerprint density at radius 3 is 2.62 bits per heavy atom. The van der Waals surface area contributed by atoms with Crippen LogP contribution in [0.3, 0.4) is 0 Å². The highest BCUT2D eigenvalue weighted by atomic mass is 16.4. The van der Waals surface area contributed by atoms with Crippen LogP contribution >= 0.6 is 0 Å². The fraction of sp³-hybridized carbons (Fsp3) is 0.647. The molecule has 1 aliphatic heterocycles. The summed E-state index contributed by atoms with van der Waals surface area (Å²) in [4.78, 5) is 45.0. The molecule has 2 heterocycles. The number of rotatable bonds is 5. The number of carboxylic acids is 1. The average molecular weight is 335 g/mol. The van der Waals surface area contributed by atoms with E-state index in [1.165, 1.54) is 0 Å². The van der Waals surface area contributed by atoms with Crippen molar-refractivity contribution >= 4 is 11.9 Å². The van der Waals surface area contributed by atoms with Gasteiger partial charge in [-0.25, -0.2) is 4.98 Å². The third kappa shape index (κ3) is 3.49. The highest BCUT2D eigenvalue weighted by molar-refractivity contribution is 5.81. The van der Waals surface area contributed by atoms with Crippen LogP contribution in [-0.4, -0.2) is 44.9 Å². The zero-order chi connectivity index (χ0) is 17.9. The summed E-state index contributed by atoms with van der Waals surface area (Å²) in [5.74, 6) is -0.471. The van der Waals surface area contributed by atoms with Gasteiger partial charge in [0.25, 0.3) is 5.56 Å². The zero-order valence-electron chi connectivity index (χ0n) is 14.5. The number of aliphatic carboxylic acids is 1. The van der Waals surface area contributed by atoms with Crippen LogP contribution in [0.15, 0.2) is 4.79 Å². The van der Waals surface area contributed by atoms with E-state index in [0.29, 0.717) is 49.3 Å². The molecule has 0 radical (unpaired) electrons. The Bertz CT molecular complexity index is 698. The summed E-state index contributed by atoms with van der Waals surface area (Å²) in [6, 6.07) is 0. The molecule has 1 unspecified atom stereocenters. The fourth-order valence-electron chi connectivity index (χ4n) is 3.27. The lowest BCUT2D eigenvalue weighted by Gasteiger charge is -2.39. The molecule has 1 saturated heterocycles. The summed E-state index contributed by atoms with van der Waals surface area (Å²) in [7, 11) is 0. The molecular weight excluding hydrogens is 310 g/mol. The quantitative estimate of drug-likeness (QED) is 0.844. The van der Waals surface area contributed by atoms with E-state index in [4.69, 9.17) is 0 Å². The molecular formula is C17H25N3O4. The number of carbonyl (C=O) groups excluding carboxylic acids is 1. The molecule has 0 saturated carbocycles. The largest absolute Gasteiger partial charge is 0.481 e. The lowest BCUT2D eigenvalue weighted by molar-refractivity contribution is -0.155. The van der Waals surface area contributed by atoms with Gasteiger partial charge in [-0.05, 0) is 26.2 Å². The van der Waals surface area contributed by atoms with E-state index in [-0.39, 0.29) is 24.4 Å². The number of hydrogen-bond donors (Lipinski definition) is 2. The predicted octanol–water partition coefficient (Wildman–Crippen LogP) is 1.29. The van der Waals surface area contributed by atoms with Crippen LogP contribution in [0.1, 0.15) is 50.2 Å². The molecule has 0 aromatic carbocycles. The zero-order valence-corrected chi connectivity index (χ0v) is 14.5. The monoisotopic (exact) mass is 335 g/mol. The van der Waals surface area contributed by atoms with Gasteiger partial charge in [-0.15, -0.1) is 0 Å². The van der Waals surface area contributed by atoms with Gasteiger partial charge in [0.1, 0.15) is 5.82 Å². The number of piperidine rings is 1. The first-order valence-corrected chi connectivity index (χ1v) is 8.42. The molecule has 1 aliphatic rings. The molecule has 1 aromatic rings. The second-order valence-corrected chi connectivity index (χ2v) is 6.46. The van der Waals surface area contributed by atoms with Gasteiger partial charge in [0.05, 0.1) is 11.8 Å². The Morgan fingerprint density at radius 2 is 2.08 bits per heavy atom. The standard InChI is InChI=1S/C17H25N3O4/c1-4-13-18-11(3)12(15(22)19-13)9-14(21)20-8-6-7-17(5-2,10-20)16(23)24/h4-10H2,1-3H3,(H,23,24)(H,18,19,22). The van der Waals surface area contributed by atoms with Crippen molar-refractivity contribution in [2.75, 3.05) is 13.1 Å². The van der Waals surface area contributed by atoms with Crippen molar-refractivity contribution in [1.29, 1.82) is 0 Å². The number of carboxylic acid groups (broad SMARTS) is 1. The molecule has 2 rings (SSSR count). The normalized spacial score (nSPS) is 20.9. The summed E-state index contributed by atoms with van der Waals surface area (Å²) in [6.45, 7) is 6.19. The maximum absolute atomic E-state index is 12.6. The predicted molar refractivity (Wildman–Crippen MR) is 88.9 cm³/mol. The lowest BCUT2D eigenvalue weighted by Crippen LogP contribution is -2.50. The van der Waals surface area contributed by atoms with Crippen LogP contribution in [0.4, 0.5) is 0 Å². The van der Waals surface area contributed by atoms with Gasteiger partial charge in [0, 0.05) is 30.8 Å². The maximum atomic E-state index is 12.6. The van der Waals surface area contributed by atoms with Crippen molar-refractivity contribution in [1.82, 2.24) is 14.9 Å². The van der Waals surface area contributed by atoms with Crippen molar-refractivity contribution in [2.24, 2.45) is 5.41 Å². The van der Waals surface area contributed by atoms with Crippen molar-refractivity contribution in [3.63, 3.8) is 0 Å². The third-order valence-corrected chi connectivity index (χ3v) is 4.99. The van der Waals surface area contributed by atoms with Crippen molar-refractivity contribution < 1.29 is 14.7 Å². The van der Waals surface area contributed by atoms with Gasteiger partial charge < -0.3 is 15.0 Å². The number of aromatic nitrogens is 2. The lowest BCUT2D eigenvalue weighted by atomic mass is 9.77. The highest BCUT2D eigenvalue weighted by Gasteiger charge is 2.42. The number of H-pyrrole nitrogens is 1. The Morgan fingerprint density at radius 1 is 1.38 bits per heavy atom. The molecule has 24 heavy (non-hydrogen) atoms. The summed E-state index contributed by atoms with van der Waals surface area (Å²) >= 11 is 0. The first kappa shape index (κ1) is 18.2. The molecule has 2 N–H and O–H groups in total. The van der Waals surface area contributed by atoms with Gasteiger partial charge in [0.2, 0.25) is 5.91 Å². The SMILES string of the molecule is CCc1nc(C)c(CC(=O)N2CCCC(CC)(C(=O)O)C2)c(=O)[nH]1. The van der Waals surface area contributed by atoms with E-state index < -0.39 is 11.4 Å². The van der Waals surface area contributed by atoms with Gasteiger partial charge in [0.15, 0.2) is 0 Å². The minimum absolute atomic E-state index is 0.0441. The Kier molecular flexibility index (Phi) is 5.41. The number of nitrogens with zero attached hydrogens (tertiary/aromatic N) is 2. The number of aryl methyl sites for hydroxylation is 2. The number of hydrogen-bond acceptors (Lipinski definition) is 4. The van der Waals surface area contributed by atoms with E-state index in [9.17, 15) is 19.5 Å². The molecule has 7 nitrogen and oxygen atoms in total. The number of nitrogens with one attached hydrogen (secondary N) is 1. The van der Waals surface area contributed by atoms with Crippen LogP contribution in [0.2, 0.25) is 0 Å². The first-order valence-electron chi connectivity index (χ1n) is 8.42. The molecule has 7 heteroatoms. The van der Waals surface area contributed by atoms with E-state index >= 15 is 0 Å². The first-order chi connectivity index (χ1) is 11.3. The van der Waals surface area contributed by atoms with Gasteiger partial charge in [-0.3, -0.25) is 14.4 Å². The van der Waals surface area contributed by atoms with Crippen LogP contribution in [0.5, 0.6) is 0 Å². The van der Waals surface area contributed by atoms with Crippen molar-refractivity contribution in [3.8, 4) is 0 Å². The van der Waals surface area contributed by atoms with E-state index in [1.807, 2.05) is 13.8 Å². The molecule has 0 aliphatic carbocycles. The molecule has 1 aromatic heterocycles. The minimum atomic E-state index is -0.875. The number of amides is 1. The van der Waals surface area contributed by atoms with Gasteiger partial charge >= 0.3 is 5.97 Å². The summed E-state index contributed by atoms with van der Waals surface area (Å²) in [6.07, 6.45) is 2.30. The van der Waals surface area contributed by atoms with Gasteiger partial charge in [-0.2, -0.15) is 0 Å². The summed E-state index contributed by atoms with van der Waals surface area (Å²) in [5, 5.41) is 9.52. The molecule has 0 spiro atoms. The molecule has 132 valence electrons. The van der Waals surface area contributed by atoms with Gasteiger partial charge in [-0.1, -0.05) is 13.8 Å². The number of carbonyl (C=O) groups is 2. The molecule has 0 bridgehead atoms. The maximum Gasteiger partial charge on any atom is 0.311 e. The van der Waals surface area contributed by atoms with Crippen LogP contribution in [0, 0.1) is 12.3 Å². The van der Waals surface area contributed by atoms with Crippen LogP contribution in [-0.2, 0) is 22.4 Å². The van der Waals surface area contributed by atoms with Crippen molar-refractivity contribution in [3.05, 3.63) is 27.4 Å². The van der Waals surface area contributed by atoms with Crippen LogP contribution < -0.4 is 5.56 Å². The fourth-order valence-corrected chi connectivity index (χ4v) is 3.27. The Balaban J connectivity index is 2.18. The Hall–Kier alpha value is -2.18. The van der Waals surface area contributed by atoms with Crippen LogP contribution in [0.25, 0.3) is 0 Å². The Labute approximate surface area is 141 Å². The number of likely N-dealkylation sites (tertiary alicyclic amines) is 1. The highest BCUT2D eigenvalue weighted by Crippen LogP contribution is 2.33.